The van der Waals surface area contributed by atoms with Crippen LogP contribution in [0.1, 0.15) is 43.9 Å². The third kappa shape index (κ3) is 1.78. The van der Waals surface area contributed by atoms with Crippen molar-refractivity contribution in [1.82, 2.24) is 9.88 Å². The average molecular weight is 330 g/mol. The summed E-state index contributed by atoms with van der Waals surface area (Å²) < 4.78 is 0. The third-order valence-electron chi connectivity index (χ3n) is 5.19. The van der Waals surface area contributed by atoms with Crippen molar-refractivity contribution in [2.45, 2.75) is 12.8 Å². The fraction of sp³-hybridized carbons (Fsp3) is 0.200. The maximum absolute atomic E-state index is 13.0. The van der Waals surface area contributed by atoms with E-state index in [0.717, 1.165) is 28.5 Å². The average Bonchev–Trinajstić information content (AvgIpc) is 3.48. The molecule has 2 aromatic carbocycles. The van der Waals surface area contributed by atoms with Gasteiger partial charge in [-0.3, -0.25) is 24.3 Å². The van der Waals surface area contributed by atoms with Gasteiger partial charge in [0.1, 0.15) is 0 Å². The van der Waals surface area contributed by atoms with Gasteiger partial charge in [-0.15, -0.1) is 0 Å². The van der Waals surface area contributed by atoms with Gasteiger partial charge in [0.2, 0.25) is 0 Å². The molecule has 5 heteroatoms. The van der Waals surface area contributed by atoms with Crippen molar-refractivity contribution in [2.24, 2.45) is 5.92 Å². The second-order valence-electron chi connectivity index (χ2n) is 6.71. The van der Waals surface area contributed by atoms with Crippen LogP contribution in [-0.4, -0.2) is 34.5 Å². The number of aromatic nitrogens is 1. The molecule has 2 aliphatic rings. The Morgan fingerprint density at radius 3 is 2.64 bits per heavy atom. The Labute approximate surface area is 143 Å². The molecule has 1 fully saturated rings. The van der Waals surface area contributed by atoms with E-state index in [9.17, 15) is 14.4 Å². The molecule has 0 bridgehead atoms. The zero-order chi connectivity index (χ0) is 17.3. The molecule has 1 aromatic heterocycles. The summed E-state index contributed by atoms with van der Waals surface area (Å²) >= 11 is 0. The minimum Gasteiger partial charge on any atom is -0.294 e. The molecule has 0 spiro atoms. The van der Waals surface area contributed by atoms with Crippen LogP contribution in [0, 0.1) is 5.92 Å². The van der Waals surface area contributed by atoms with E-state index in [1.807, 2.05) is 18.2 Å². The number of carbonyl (C=O) groups excluding carboxylic acids is 3. The zero-order valence-electron chi connectivity index (χ0n) is 13.6. The number of carbonyl (C=O) groups is 3. The summed E-state index contributed by atoms with van der Waals surface area (Å²) in [6.45, 7) is 0. The largest absolute Gasteiger partial charge is 0.294 e. The van der Waals surface area contributed by atoms with Gasteiger partial charge in [-0.1, -0.05) is 12.1 Å². The van der Waals surface area contributed by atoms with E-state index in [0.29, 0.717) is 27.5 Å². The fourth-order valence-electron chi connectivity index (χ4n) is 3.77. The minimum absolute atomic E-state index is 0.0131. The number of imide groups is 1. The van der Waals surface area contributed by atoms with E-state index in [2.05, 4.69) is 4.98 Å². The molecule has 1 aliphatic carbocycles. The normalized spacial score (nSPS) is 16.8. The molecule has 0 radical (unpaired) electrons. The molecular formula is C20H14N2O3. The lowest BCUT2D eigenvalue weighted by Gasteiger charge is -2.26. The van der Waals surface area contributed by atoms with Gasteiger partial charge in [-0.05, 0) is 35.7 Å². The Morgan fingerprint density at radius 1 is 1.08 bits per heavy atom. The summed E-state index contributed by atoms with van der Waals surface area (Å²) in [4.78, 5) is 43.8. The lowest BCUT2D eigenvalue weighted by atomic mass is 9.84. The molecule has 5 nitrogen and oxygen atoms in total. The lowest BCUT2D eigenvalue weighted by molar-refractivity contribution is 0.0647. The first-order valence-electron chi connectivity index (χ1n) is 8.28. The Morgan fingerprint density at radius 2 is 1.88 bits per heavy atom. The first-order chi connectivity index (χ1) is 12.1. The molecule has 1 saturated carbocycles. The second kappa shape index (κ2) is 4.72. The van der Waals surface area contributed by atoms with Gasteiger partial charge in [0.25, 0.3) is 11.8 Å². The number of hydrogen-bond acceptors (Lipinski definition) is 4. The van der Waals surface area contributed by atoms with Gasteiger partial charge in [0.05, 0.1) is 5.56 Å². The van der Waals surface area contributed by atoms with E-state index in [-0.39, 0.29) is 17.6 Å². The second-order valence-corrected chi connectivity index (χ2v) is 6.71. The van der Waals surface area contributed by atoms with Crippen LogP contribution in [0.2, 0.25) is 0 Å². The van der Waals surface area contributed by atoms with Crippen molar-refractivity contribution in [2.75, 3.05) is 7.05 Å². The van der Waals surface area contributed by atoms with Gasteiger partial charge in [0.15, 0.2) is 5.78 Å². The molecule has 0 unspecified atom stereocenters. The Balaban J connectivity index is 2.06. The van der Waals surface area contributed by atoms with Crippen molar-refractivity contribution in [3.8, 4) is 0 Å². The van der Waals surface area contributed by atoms with Crippen molar-refractivity contribution < 1.29 is 14.4 Å². The Kier molecular flexibility index (Phi) is 2.70. The highest BCUT2D eigenvalue weighted by Gasteiger charge is 2.39. The molecule has 5 rings (SSSR count). The van der Waals surface area contributed by atoms with E-state index >= 15 is 0 Å². The number of Topliss-reactive ketones (excluding diaryl/α,β-unsaturated/α-hetero) is 1. The highest BCUT2D eigenvalue weighted by atomic mass is 16.2. The molecule has 25 heavy (non-hydrogen) atoms. The maximum atomic E-state index is 13.0. The van der Waals surface area contributed by atoms with Crippen LogP contribution in [0.3, 0.4) is 0 Å². The smallest absolute Gasteiger partial charge is 0.261 e. The highest BCUT2D eigenvalue weighted by Crippen LogP contribution is 2.42. The van der Waals surface area contributed by atoms with Gasteiger partial charge >= 0.3 is 0 Å². The third-order valence-corrected chi connectivity index (χ3v) is 5.19. The van der Waals surface area contributed by atoms with Crippen LogP contribution in [0.4, 0.5) is 0 Å². The monoisotopic (exact) mass is 330 g/mol. The molecule has 2 amide bonds. The Hall–Kier alpha value is -3.08. The first-order valence-corrected chi connectivity index (χ1v) is 8.28. The minimum atomic E-state index is -0.413. The number of rotatable bonds is 2. The SMILES string of the molecule is CN1C(=O)c2cccc3c2c(c(C(=O)C2CC2)c2cnccc23)C1=O. The summed E-state index contributed by atoms with van der Waals surface area (Å²) in [7, 11) is 1.46. The molecule has 2 heterocycles. The van der Waals surface area contributed by atoms with Crippen LogP contribution >= 0.6 is 0 Å². The van der Waals surface area contributed by atoms with Gasteiger partial charge in [-0.25, -0.2) is 0 Å². The van der Waals surface area contributed by atoms with E-state index in [1.165, 1.54) is 7.05 Å². The summed E-state index contributed by atoms with van der Waals surface area (Å²) in [5.41, 5.74) is 1.25. The summed E-state index contributed by atoms with van der Waals surface area (Å²) in [5, 5.41) is 2.95. The number of fused-ring (bicyclic) bond motifs is 2. The molecule has 3 aromatic rings. The summed E-state index contributed by atoms with van der Waals surface area (Å²) in [6.07, 6.45) is 5.02. The molecule has 122 valence electrons. The molecule has 0 saturated heterocycles. The number of ketones is 1. The van der Waals surface area contributed by atoms with Gasteiger partial charge < -0.3 is 0 Å². The van der Waals surface area contributed by atoms with Crippen LogP contribution in [0.15, 0.2) is 36.7 Å². The van der Waals surface area contributed by atoms with Gasteiger partial charge in [0, 0.05) is 47.3 Å². The quantitative estimate of drug-likeness (QED) is 0.411. The molecule has 0 atom stereocenters. The van der Waals surface area contributed by atoms with Crippen LogP contribution in [-0.2, 0) is 0 Å². The van der Waals surface area contributed by atoms with Crippen LogP contribution < -0.4 is 0 Å². The summed E-state index contributed by atoms with van der Waals surface area (Å²) in [6, 6.07) is 7.26. The maximum Gasteiger partial charge on any atom is 0.261 e. The van der Waals surface area contributed by atoms with Crippen LogP contribution in [0.25, 0.3) is 21.5 Å². The van der Waals surface area contributed by atoms with Crippen molar-refractivity contribution >= 4 is 39.1 Å². The molecule has 0 N–H and O–H groups in total. The topological polar surface area (TPSA) is 67.3 Å². The van der Waals surface area contributed by atoms with E-state index in [4.69, 9.17) is 0 Å². The predicted octanol–water partition coefficient (Wildman–Crippen LogP) is 3.21. The first kappa shape index (κ1) is 14.3. The lowest BCUT2D eigenvalue weighted by Crippen LogP contribution is -2.38. The number of amides is 2. The van der Waals surface area contributed by atoms with Crippen LogP contribution in [0.5, 0.6) is 0 Å². The van der Waals surface area contributed by atoms with Gasteiger partial charge in [-0.2, -0.15) is 0 Å². The van der Waals surface area contributed by atoms with Crippen molar-refractivity contribution in [3.63, 3.8) is 0 Å². The number of benzene rings is 2. The van der Waals surface area contributed by atoms with E-state index < -0.39 is 5.91 Å². The highest BCUT2D eigenvalue weighted by molar-refractivity contribution is 6.34. The Bertz CT molecular complexity index is 1130. The standard InChI is InChI=1S/C20H14N2O3/c1-22-19(24)13-4-2-3-12-11-7-8-21-9-14(11)16(18(23)10-5-6-10)17(15(12)13)20(22)25/h2-4,7-10H,5-6H2,1H3. The number of pyridine rings is 1. The number of nitrogens with zero attached hydrogens (tertiary/aromatic N) is 2. The molecular weight excluding hydrogens is 316 g/mol. The van der Waals surface area contributed by atoms with Crippen molar-refractivity contribution in [3.05, 3.63) is 53.3 Å². The fourth-order valence-corrected chi connectivity index (χ4v) is 3.77. The summed E-state index contributed by atoms with van der Waals surface area (Å²) in [5.74, 6) is -0.786. The van der Waals surface area contributed by atoms with E-state index in [1.54, 1.807) is 18.5 Å². The van der Waals surface area contributed by atoms with Crippen molar-refractivity contribution in [1.29, 1.82) is 0 Å². The molecule has 1 aliphatic heterocycles. The predicted molar refractivity (Wildman–Crippen MR) is 92.7 cm³/mol. The zero-order valence-corrected chi connectivity index (χ0v) is 13.6. The number of hydrogen-bond donors (Lipinski definition) is 0.